The minimum Gasteiger partial charge on any atom is -0.489 e. The highest BCUT2D eigenvalue weighted by Crippen LogP contribution is 2.24. The third-order valence-corrected chi connectivity index (χ3v) is 4.93. The third-order valence-electron chi connectivity index (χ3n) is 4.93. The molecule has 1 unspecified atom stereocenters. The van der Waals surface area contributed by atoms with Crippen LogP contribution in [0, 0.1) is 11.6 Å². The number of piperidine rings is 1. The first kappa shape index (κ1) is 18.2. The molecule has 1 saturated heterocycles. The van der Waals surface area contributed by atoms with Gasteiger partial charge in [-0.3, -0.25) is 4.79 Å². The maximum absolute atomic E-state index is 13.3. The summed E-state index contributed by atoms with van der Waals surface area (Å²) >= 11 is 0. The second-order valence-electron chi connectivity index (χ2n) is 6.93. The van der Waals surface area contributed by atoms with Crippen molar-refractivity contribution in [3.8, 4) is 5.75 Å². The molecule has 2 aromatic carbocycles. The molecule has 0 aromatic heterocycles. The van der Waals surface area contributed by atoms with Gasteiger partial charge in [0.05, 0.1) is 6.04 Å². The number of ether oxygens (including phenoxy) is 1. The number of benzene rings is 2. The van der Waals surface area contributed by atoms with Crippen molar-refractivity contribution in [3.05, 3.63) is 89.2 Å². The molecule has 0 aliphatic carbocycles. The number of nitrogens with zero attached hydrogens (tertiary/aromatic N) is 1. The Morgan fingerprint density at radius 2 is 1.96 bits per heavy atom. The van der Waals surface area contributed by atoms with Crippen LogP contribution < -0.4 is 10.1 Å². The SMILES string of the molecule is O=C(c1ccc(F)cc1)N1CCC2NC=C(COc3cccc(F)c3)C=C2C1. The lowest BCUT2D eigenvalue weighted by Gasteiger charge is -2.36. The van der Waals surface area contributed by atoms with Gasteiger partial charge >= 0.3 is 0 Å². The summed E-state index contributed by atoms with van der Waals surface area (Å²) in [6.07, 6.45) is 4.74. The minimum atomic E-state index is -0.359. The number of hydrogen-bond acceptors (Lipinski definition) is 3. The fourth-order valence-electron chi connectivity index (χ4n) is 3.46. The number of nitrogens with one attached hydrogen (secondary N) is 1. The maximum atomic E-state index is 13.3. The largest absolute Gasteiger partial charge is 0.489 e. The fourth-order valence-corrected chi connectivity index (χ4v) is 3.46. The van der Waals surface area contributed by atoms with Crippen LogP contribution in [0.15, 0.2) is 72.0 Å². The van der Waals surface area contributed by atoms with Crippen LogP contribution in [-0.4, -0.2) is 36.5 Å². The fraction of sp³-hybridized carbons (Fsp3) is 0.227. The number of dihydropyridines is 1. The van der Waals surface area contributed by atoms with Gasteiger partial charge in [0.15, 0.2) is 0 Å². The maximum Gasteiger partial charge on any atom is 0.254 e. The quantitative estimate of drug-likeness (QED) is 0.877. The number of fused-ring (bicyclic) bond motifs is 1. The number of carbonyl (C=O) groups excluding carboxylic acids is 1. The first-order valence-corrected chi connectivity index (χ1v) is 9.17. The number of hydrogen-bond donors (Lipinski definition) is 1. The monoisotopic (exact) mass is 382 g/mol. The molecule has 2 aromatic rings. The van der Waals surface area contributed by atoms with Crippen LogP contribution in [0.4, 0.5) is 8.78 Å². The summed E-state index contributed by atoms with van der Waals surface area (Å²) in [5.41, 5.74) is 2.50. The van der Waals surface area contributed by atoms with Gasteiger partial charge in [-0.25, -0.2) is 8.78 Å². The molecule has 1 atom stereocenters. The average molecular weight is 382 g/mol. The standard InChI is InChI=1S/C22H20F2N2O2/c23-18-6-4-16(5-7-18)22(27)26-9-8-21-17(13-26)10-15(12-25-21)14-28-20-3-1-2-19(24)11-20/h1-7,10-12,21,25H,8-9,13-14H2. The molecule has 144 valence electrons. The number of rotatable bonds is 4. The minimum absolute atomic E-state index is 0.105. The van der Waals surface area contributed by atoms with Gasteiger partial charge in [-0.2, -0.15) is 0 Å². The van der Waals surface area contributed by atoms with E-state index >= 15 is 0 Å². The normalized spacial score (nSPS) is 18.5. The van der Waals surface area contributed by atoms with Crippen molar-refractivity contribution >= 4 is 5.91 Å². The molecule has 2 heterocycles. The Morgan fingerprint density at radius 1 is 1.14 bits per heavy atom. The Labute approximate surface area is 162 Å². The van der Waals surface area contributed by atoms with E-state index < -0.39 is 0 Å². The number of halogens is 2. The summed E-state index contributed by atoms with van der Waals surface area (Å²) in [6, 6.07) is 11.8. The number of likely N-dealkylation sites (tertiary alicyclic amines) is 1. The number of carbonyl (C=O) groups is 1. The Bertz CT molecular complexity index is 938. The van der Waals surface area contributed by atoms with Gasteiger partial charge in [-0.15, -0.1) is 0 Å². The molecule has 1 N–H and O–H groups in total. The Balaban J connectivity index is 1.41. The molecule has 4 nitrogen and oxygen atoms in total. The smallest absolute Gasteiger partial charge is 0.254 e. The first-order chi connectivity index (χ1) is 13.6. The summed E-state index contributed by atoms with van der Waals surface area (Å²) in [5.74, 6) is -0.332. The molecule has 6 heteroatoms. The van der Waals surface area contributed by atoms with Crippen molar-refractivity contribution in [2.75, 3.05) is 19.7 Å². The summed E-state index contributed by atoms with van der Waals surface area (Å²) in [4.78, 5) is 14.5. The predicted octanol–water partition coefficient (Wildman–Crippen LogP) is 3.67. The molecule has 2 aliphatic rings. The predicted molar refractivity (Wildman–Crippen MR) is 102 cm³/mol. The molecule has 0 radical (unpaired) electrons. The van der Waals surface area contributed by atoms with Gasteiger partial charge in [-0.05, 0) is 48.4 Å². The molecule has 2 aliphatic heterocycles. The zero-order chi connectivity index (χ0) is 19.5. The van der Waals surface area contributed by atoms with Crippen LogP contribution in [0.5, 0.6) is 5.75 Å². The topological polar surface area (TPSA) is 41.6 Å². The van der Waals surface area contributed by atoms with Crippen molar-refractivity contribution in [2.24, 2.45) is 0 Å². The van der Waals surface area contributed by atoms with Crippen molar-refractivity contribution in [1.82, 2.24) is 10.2 Å². The molecule has 1 amide bonds. The molecular weight excluding hydrogens is 362 g/mol. The second kappa shape index (κ2) is 7.84. The van der Waals surface area contributed by atoms with Crippen LogP contribution in [0.1, 0.15) is 16.8 Å². The van der Waals surface area contributed by atoms with E-state index in [1.807, 2.05) is 12.3 Å². The van der Waals surface area contributed by atoms with Gasteiger partial charge in [0.25, 0.3) is 5.91 Å². The van der Waals surface area contributed by atoms with Crippen molar-refractivity contribution in [2.45, 2.75) is 12.5 Å². The summed E-state index contributed by atoms with van der Waals surface area (Å²) in [5, 5.41) is 3.35. The van der Waals surface area contributed by atoms with E-state index in [0.717, 1.165) is 17.6 Å². The zero-order valence-corrected chi connectivity index (χ0v) is 15.2. The lowest BCUT2D eigenvalue weighted by Crippen LogP contribution is -2.46. The first-order valence-electron chi connectivity index (χ1n) is 9.17. The van der Waals surface area contributed by atoms with E-state index in [-0.39, 0.29) is 23.6 Å². The van der Waals surface area contributed by atoms with Crippen LogP contribution >= 0.6 is 0 Å². The highest BCUT2D eigenvalue weighted by molar-refractivity contribution is 5.94. The summed E-state index contributed by atoms with van der Waals surface area (Å²) in [7, 11) is 0. The van der Waals surface area contributed by atoms with Gasteiger partial charge < -0.3 is 15.0 Å². The van der Waals surface area contributed by atoms with Crippen LogP contribution in [0.3, 0.4) is 0 Å². The van der Waals surface area contributed by atoms with Crippen molar-refractivity contribution < 1.29 is 18.3 Å². The van der Waals surface area contributed by atoms with Crippen LogP contribution in [0.25, 0.3) is 0 Å². The van der Waals surface area contributed by atoms with Crippen LogP contribution in [0.2, 0.25) is 0 Å². The zero-order valence-electron chi connectivity index (χ0n) is 15.2. The molecule has 0 bridgehead atoms. The van der Waals surface area contributed by atoms with E-state index in [1.54, 1.807) is 17.0 Å². The van der Waals surface area contributed by atoms with E-state index in [9.17, 15) is 13.6 Å². The van der Waals surface area contributed by atoms with E-state index in [4.69, 9.17) is 4.74 Å². The van der Waals surface area contributed by atoms with E-state index in [2.05, 4.69) is 5.32 Å². The second-order valence-corrected chi connectivity index (χ2v) is 6.93. The molecule has 0 spiro atoms. The number of amides is 1. The molecule has 4 rings (SSSR count). The highest BCUT2D eigenvalue weighted by atomic mass is 19.1. The Morgan fingerprint density at radius 3 is 2.75 bits per heavy atom. The van der Waals surface area contributed by atoms with Gasteiger partial charge in [0.1, 0.15) is 24.0 Å². The lowest BCUT2D eigenvalue weighted by atomic mass is 9.94. The molecule has 1 fully saturated rings. The molecular formula is C22H20F2N2O2. The highest BCUT2D eigenvalue weighted by Gasteiger charge is 2.28. The average Bonchev–Trinajstić information content (AvgIpc) is 2.72. The third kappa shape index (κ3) is 4.06. The molecule has 28 heavy (non-hydrogen) atoms. The summed E-state index contributed by atoms with van der Waals surface area (Å²) < 4.78 is 32.0. The Kier molecular flexibility index (Phi) is 5.10. The Hall–Kier alpha value is -3.15. The molecule has 0 saturated carbocycles. The van der Waals surface area contributed by atoms with Crippen molar-refractivity contribution in [1.29, 1.82) is 0 Å². The van der Waals surface area contributed by atoms with Gasteiger partial charge in [0, 0.05) is 36.5 Å². The summed E-state index contributed by atoms with van der Waals surface area (Å²) in [6.45, 7) is 1.44. The van der Waals surface area contributed by atoms with E-state index in [0.29, 0.717) is 31.0 Å². The van der Waals surface area contributed by atoms with Crippen molar-refractivity contribution in [3.63, 3.8) is 0 Å². The van der Waals surface area contributed by atoms with Crippen LogP contribution in [-0.2, 0) is 0 Å². The van der Waals surface area contributed by atoms with Gasteiger partial charge in [-0.1, -0.05) is 12.1 Å². The van der Waals surface area contributed by atoms with Gasteiger partial charge in [0.2, 0.25) is 0 Å². The van der Waals surface area contributed by atoms with E-state index in [1.165, 1.54) is 36.4 Å². The lowest BCUT2D eigenvalue weighted by molar-refractivity contribution is 0.0743.